The van der Waals surface area contributed by atoms with Gasteiger partial charge >= 0.3 is 0 Å². The highest BCUT2D eigenvalue weighted by Gasteiger charge is 2.28. The Morgan fingerprint density at radius 1 is 1.50 bits per heavy atom. The molecule has 20 heavy (non-hydrogen) atoms. The molecule has 1 aliphatic rings. The third kappa shape index (κ3) is 3.11. The van der Waals surface area contributed by atoms with Crippen LogP contribution < -0.4 is 16.0 Å². The van der Waals surface area contributed by atoms with Crippen LogP contribution in [-0.4, -0.2) is 35.3 Å². The molecular formula is C13H16N4O3. The molecule has 0 spiro atoms. The molecule has 0 aromatic carbocycles. The molecule has 3 N–H and O–H groups in total. The molecule has 7 nitrogen and oxygen atoms in total. The molecule has 1 unspecified atom stereocenters. The monoisotopic (exact) mass is 276 g/mol. The molecule has 0 saturated carbocycles. The van der Waals surface area contributed by atoms with Crippen LogP contribution in [0.4, 0.5) is 5.69 Å². The van der Waals surface area contributed by atoms with Crippen LogP contribution in [0.2, 0.25) is 0 Å². The molecule has 1 saturated heterocycles. The molecule has 0 aliphatic carbocycles. The number of pyridine rings is 1. The normalized spacial score (nSPS) is 18.4. The number of carbonyl (C=O) groups excluding carboxylic acids is 3. The first kappa shape index (κ1) is 14.0. The molecular weight excluding hydrogens is 260 g/mol. The second kappa shape index (κ2) is 6.14. The first-order valence-electron chi connectivity index (χ1n) is 6.44. The molecule has 1 fully saturated rings. The number of hydrogen-bond donors (Lipinski definition) is 3. The van der Waals surface area contributed by atoms with Crippen molar-refractivity contribution in [2.45, 2.75) is 25.8 Å². The van der Waals surface area contributed by atoms with Crippen molar-refractivity contribution in [3.63, 3.8) is 0 Å². The first-order chi connectivity index (χ1) is 9.61. The summed E-state index contributed by atoms with van der Waals surface area (Å²) >= 11 is 0. The smallest absolute Gasteiger partial charge is 0.255 e. The zero-order valence-corrected chi connectivity index (χ0v) is 11.1. The lowest BCUT2D eigenvalue weighted by Gasteiger charge is -2.22. The van der Waals surface area contributed by atoms with Crippen LogP contribution in [0, 0.1) is 0 Å². The lowest BCUT2D eigenvalue weighted by Crippen LogP contribution is -2.52. The number of nitrogens with one attached hydrogen (secondary N) is 3. The number of nitrogens with zero attached hydrogens (tertiary/aromatic N) is 1. The molecule has 1 atom stereocenters. The minimum Gasteiger partial charge on any atom is -0.385 e. The standard InChI is InChI=1S/C13H16N4O3/c1-2-15-9-5-6-14-7-8(9)12(19)16-10-3-4-11(18)17-13(10)20/h5-7,10H,2-4H2,1H3,(H,14,15)(H,16,19)(H,17,18,20). The van der Waals surface area contributed by atoms with Gasteiger partial charge in [0.05, 0.1) is 11.3 Å². The van der Waals surface area contributed by atoms with Gasteiger partial charge in [0.15, 0.2) is 0 Å². The van der Waals surface area contributed by atoms with Gasteiger partial charge in [0, 0.05) is 25.4 Å². The second-order valence-corrected chi connectivity index (χ2v) is 4.43. The van der Waals surface area contributed by atoms with Crippen LogP contribution in [0.1, 0.15) is 30.1 Å². The van der Waals surface area contributed by atoms with E-state index in [4.69, 9.17) is 0 Å². The molecule has 106 valence electrons. The molecule has 1 aliphatic heterocycles. The number of rotatable bonds is 4. The maximum Gasteiger partial charge on any atom is 0.255 e. The van der Waals surface area contributed by atoms with E-state index < -0.39 is 11.9 Å². The van der Waals surface area contributed by atoms with Crippen LogP contribution in [0.25, 0.3) is 0 Å². The summed E-state index contributed by atoms with van der Waals surface area (Å²) in [5.41, 5.74) is 1.03. The van der Waals surface area contributed by atoms with Crippen LogP contribution in [-0.2, 0) is 9.59 Å². The molecule has 2 heterocycles. The van der Waals surface area contributed by atoms with E-state index in [0.29, 0.717) is 24.2 Å². The summed E-state index contributed by atoms with van der Waals surface area (Å²) in [5.74, 6) is -1.16. The minimum atomic E-state index is -0.685. The lowest BCUT2D eigenvalue weighted by molar-refractivity contribution is -0.134. The van der Waals surface area contributed by atoms with E-state index in [0.717, 1.165) is 0 Å². The fraction of sp³-hybridized carbons (Fsp3) is 0.385. The van der Waals surface area contributed by atoms with Crippen LogP contribution >= 0.6 is 0 Å². The van der Waals surface area contributed by atoms with Crippen LogP contribution in [0.5, 0.6) is 0 Å². The average Bonchev–Trinajstić information content (AvgIpc) is 2.43. The molecule has 0 radical (unpaired) electrons. The number of imide groups is 1. The molecule has 0 bridgehead atoms. The predicted molar refractivity (Wildman–Crippen MR) is 72.0 cm³/mol. The number of carbonyl (C=O) groups is 3. The Morgan fingerprint density at radius 3 is 3.00 bits per heavy atom. The Labute approximate surface area is 116 Å². The number of anilines is 1. The zero-order valence-electron chi connectivity index (χ0n) is 11.1. The molecule has 1 aromatic rings. The average molecular weight is 276 g/mol. The quantitative estimate of drug-likeness (QED) is 0.675. The summed E-state index contributed by atoms with van der Waals surface area (Å²) in [7, 11) is 0. The molecule has 1 aromatic heterocycles. The van der Waals surface area contributed by atoms with Gasteiger partial charge in [-0.05, 0) is 19.4 Å². The summed E-state index contributed by atoms with van der Waals surface area (Å²) in [5, 5.41) is 7.88. The van der Waals surface area contributed by atoms with Crippen molar-refractivity contribution in [2.24, 2.45) is 0 Å². The molecule has 3 amide bonds. The Balaban J connectivity index is 2.08. The third-order valence-corrected chi connectivity index (χ3v) is 2.98. The Morgan fingerprint density at radius 2 is 2.30 bits per heavy atom. The fourth-order valence-electron chi connectivity index (χ4n) is 1.99. The van der Waals surface area contributed by atoms with E-state index in [2.05, 4.69) is 20.9 Å². The van der Waals surface area contributed by atoms with E-state index in [1.54, 1.807) is 12.3 Å². The van der Waals surface area contributed by atoms with Crippen molar-refractivity contribution in [1.29, 1.82) is 0 Å². The Hall–Kier alpha value is -2.44. The highest BCUT2D eigenvalue weighted by molar-refractivity contribution is 6.05. The van der Waals surface area contributed by atoms with Crippen molar-refractivity contribution < 1.29 is 14.4 Å². The van der Waals surface area contributed by atoms with E-state index in [9.17, 15) is 14.4 Å². The SMILES string of the molecule is CCNc1ccncc1C(=O)NC1CCC(=O)NC1=O. The Kier molecular flexibility index (Phi) is 4.29. The summed E-state index contributed by atoms with van der Waals surface area (Å²) < 4.78 is 0. The highest BCUT2D eigenvalue weighted by Crippen LogP contribution is 2.14. The molecule has 7 heteroatoms. The number of amides is 3. The van der Waals surface area contributed by atoms with E-state index >= 15 is 0 Å². The van der Waals surface area contributed by atoms with Crippen molar-refractivity contribution in [3.05, 3.63) is 24.0 Å². The molecule has 2 rings (SSSR count). The van der Waals surface area contributed by atoms with Gasteiger partial charge in [-0.25, -0.2) is 0 Å². The third-order valence-electron chi connectivity index (χ3n) is 2.98. The van der Waals surface area contributed by atoms with Crippen LogP contribution in [0.15, 0.2) is 18.5 Å². The fourth-order valence-corrected chi connectivity index (χ4v) is 1.99. The summed E-state index contributed by atoms with van der Waals surface area (Å²) in [6.45, 7) is 2.59. The Bertz CT molecular complexity index is 544. The maximum atomic E-state index is 12.2. The maximum absolute atomic E-state index is 12.2. The largest absolute Gasteiger partial charge is 0.385 e. The number of piperidine rings is 1. The van der Waals surface area contributed by atoms with Crippen molar-refractivity contribution in [1.82, 2.24) is 15.6 Å². The summed E-state index contributed by atoms with van der Waals surface area (Å²) in [6, 6.07) is 1.01. The van der Waals surface area contributed by atoms with Gasteiger partial charge in [-0.3, -0.25) is 24.7 Å². The van der Waals surface area contributed by atoms with Crippen molar-refractivity contribution >= 4 is 23.4 Å². The van der Waals surface area contributed by atoms with Gasteiger partial charge in [0.1, 0.15) is 6.04 Å². The zero-order chi connectivity index (χ0) is 14.5. The number of hydrogen-bond acceptors (Lipinski definition) is 5. The highest BCUT2D eigenvalue weighted by atomic mass is 16.2. The van der Waals surface area contributed by atoms with Gasteiger partial charge in [-0.15, -0.1) is 0 Å². The van der Waals surface area contributed by atoms with Gasteiger partial charge in [-0.1, -0.05) is 0 Å². The van der Waals surface area contributed by atoms with E-state index in [1.807, 2.05) is 6.92 Å². The van der Waals surface area contributed by atoms with Crippen LogP contribution in [0.3, 0.4) is 0 Å². The summed E-state index contributed by atoms with van der Waals surface area (Å²) in [6.07, 6.45) is 3.57. The minimum absolute atomic E-state index is 0.226. The summed E-state index contributed by atoms with van der Waals surface area (Å²) in [4.78, 5) is 38.8. The van der Waals surface area contributed by atoms with E-state index in [1.165, 1.54) is 6.20 Å². The second-order valence-electron chi connectivity index (χ2n) is 4.43. The predicted octanol–water partition coefficient (Wildman–Crippen LogP) is 0.0484. The van der Waals surface area contributed by atoms with Gasteiger partial charge < -0.3 is 10.6 Å². The topological polar surface area (TPSA) is 100 Å². The lowest BCUT2D eigenvalue weighted by atomic mass is 10.1. The van der Waals surface area contributed by atoms with E-state index in [-0.39, 0.29) is 18.2 Å². The van der Waals surface area contributed by atoms with Crippen molar-refractivity contribution in [2.75, 3.05) is 11.9 Å². The number of aromatic nitrogens is 1. The first-order valence-corrected chi connectivity index (χ1v) is 6.44. The van der Waals surface area contributed by atoms with Crippen molar-refractivity contribution in [3.8, 4) is 0 Å². The van der Waals surface area contributed by atoms with Gasteiger partial charge in [-0.2, -0.15) is 0 Å². The van der Waals surface area contributed by atoms with Gasteiger partial charge in [0.2, 0.25) is 11.8 Å². The van der Waals surface area contributed by atoms with Gasteiger partial charge in [0.25, 0.3) is 5.91 Å².